The van der Waals surface area contributed by atoms with Crippen LogP contribution in [-0.4, -0.2) is 59.0 Å². The average molecular weight is 493 g/mol. The van der Waals surface area contributed by atoms with E-state index in [1.54, 1.807) is 12.1 Å². The molecule has 1 fully saturated rings. The second-order valence-electron chi connectivity index (χ2n) is 6.72. The molecule has 2 aromatic rings. The van der Waals surface area contributed by atoms with Crippen molar-refractivity contribution in [1.82, 2.24) is 14.6 Å². The summed E-state index contributed by atoms with van der Waals surface area (Å²) in [5.74, 6) is -0.486. The topological polar surface area (TPSA) is 109 Å². The van der Waals surface area contributed by atoms with Gasteiger partial charge in [0.25, 0.3) is 0 Å². The van der Waals surface area contributed by atoms with Crippen molar-refractivity contribution in [3.63, 3.8) is 0 Å². The Morgan fingerprint density at radius 2 is 2.10 bits per heavy atom. The van der Waals surface area contributed by atoms with E-state index in [9.17, 15) is 22.4 Å². The highest BCUT2D eigenvalue weighted by atomic mass is 79.9. The molecular weight excluding hydrogens is 474 g/mol. The van der Waals surface area contributed by atoms with Crippen molar-refractivity contribution in [2.24, 2.45) is 5.16 Å². The Labute approximate surface area is 174 Å². The number of aryl methyl sites for hydroxylation is 1. The van der Waals surface area contributed by atoms with E-state index in [0.29, 0.717) is 30.5 Å². The van der Waals surface area contributed by atoms with Gasteiger partial charge in [-0.2, -0.15) is 4.31 Å². The first-order chi connectivity index (χ1) is 13.8. The molecular formula is C17H19BrF2N4O4S. The van der Waals surface area contributed by atoms with Gasteiger partial charge in [0.2, 0.25) is 10.0 Å². The van der Waals surface area contributed by atoms with Crippen LogP contribution in [-0.2, 0) is 22.9 Å². The van der Waals surface area contributed by atoms with Crippen molar-refractivity contribution in [3.05, 3.63) is 45.4 Å². The van der Waals surface area contributed by atoms with Gasteiger partial charge in [-0.3, -0.25) is 0 Å². The summed E-state index contributed by atoms with van der Waals surface area (Å²) in [7, 11) is -3.44. The number of halogens is 3. The van der Waals surface area contributed by atoms with E-state index in [-0.39, 0.29) is 41.1 Å². The van der Waals surface area contributed by atoms with Gasteiger partial charge in [-0.05, 0) is 58.0 Å². The molecule has 0 amide bonds. The summed E-state index contributed by atoms with van der Waals surface area (Å²) < 4.78 is 56.4. The van der Waals surface area contributed by atoms with E-state index >= 15 is 0 Å². The first-order valence-corrected chi connectivity index (χ1v) is 11.3. The predicted octanol–water partition coefficient (Wildman–Crippen LogP) is 2.70. The van der Waals surface area contributed by atoms with Crippen molar-refractivity contribution in [2.75, 3.05) is 18.8 Å². The van der Waals surface area contributed by atoms with Crippen LogP contribution in [0, 0.1) is 5.82 Å². The molecule has 3 rings (SSSR count). The smallest absolute Gasteiger partial charge is 0.214 e. The number of unbranched alkanes of at least 4 members (excludes halogenated alkanes) is 1. The van der Waals surface area contributed by atoms with E-state index in [4.69, 9.17) is 4.63 Å². The van der Waals surface area contributed by atoms with Crippen LogP contribution in [0.4, 0.5) is 8.78 Å². The van der Waals surface area contributed by atoms with Gasteiger partial charge in [-0.15, -0.1) is 0 Å². The Morgan fingerprint density at radius 1 is 1.34 bits per heavy atom. The summed E-state index contributed by atoms with van der Waals surface area (Å²) >= 11 is 3.10. The number of alkyl halides is 1. The van der Waals surface area contributed by atoms with Crippen molar-refractivity contribution < 1.29 is 27.0 Å². The van der Waals surface area contributed by atoms with Gasteiger partial charge in [0, 0.05) is 19.5 Å². The lowest BCUT2D eigenvalue weighted by Crippen LogP contribution is -2.52. The third kappa shape index (κ3) is 5.37. The van der Waals surface area contributed by atoms with Crippen LogP contribution in [0.25, 0.3) is 0 Å². The fraction of sp³-hybridized carbons (Fsp3) is 0.471. The minimum absolute atomic E-state index is 0.0739. The molecule has 12 heteroatoms. The Balaban J connectivity index is 1.57. The summed E-state index contributed by atoms with van der Waals surface area (Å²) in [6.07, 6.45) is 0.301. The molecule has 0 bridgehead atoms. The van der Waals surface area contributed by atoms with E-state index < -0.39 is 22.0 Å². The lowest BCUT2D eigenvalue weighted by Gasteiger charge is -2.33. The molecule has 1 N–H and O–H groups in total. The average Bonchev–Trinajstić information content (AvgIpc) is 3.12. The second kappa shape index (κ2) is 9.26. The fourth-order valence-corrected chi connectivity index (χ4v) is 4.95. The number of benzene rings is 1. The molecule has 2 heterocycles. The number of nitrogens with zero attached hydrogens (tertiary/aromatic N) is 4. The van der Waals surface area contributed by atoms with Crippen LogP contribution in [0.2, 0.25) is 0 Å². The minimum Gasteiger partial charge on any atom is -0.411 e. The summed E-state index contributed by atoms with van der Waals surface area (Å²) in [6.45, 7) is -0.148. The largest absolute Gasteiger partial charge is 0.411 e. The molecule has 0 saturated carbocycles. The molecule has 1 aliphatic heterocycles. The molecule has 1 saturated heterocycles. The molecule has 0 aliphatic carbocycles. The van der Waals surface area contributed by atoms with Crippen molar-refractivity contribution >= 4 is 31.7 Å². The normalized spacial score (nSPS) is 16.2. The summed E-state index contributed by atoms with van der Waals surface area (Å²) in [5.41, 5.74) is 1.58. The number of aromatic nitrogens is 2. The third-order valence-corrected chi connectivity index (χ3v) is 7.07. The Kier molecular flexibility index (Phi) is 6.96. The Hall–Kier alpha value is -1.92. The van der Waals surface area contributed by atoms with Gasteiger partial charge in [0.1, 0.15) is 23.4 Å². The zero-order chi connectivity index (χ0) is 21.0. The molecule has 158 valence electrons. The SMILES string of the molecule is O=S(=O)(CCCCc1nonc1/C(Cc1ccc(F)c(Br)c1)=N/O)N1CC(F)C1. The van der Waals surface area contributed by atoms with E-state index in [1.807, 2.05) is 0 Å². The van der Waals surface area contributed by atoms with Crippen LogP contribution < -0.4 is 0 Å². The monoisotopic (exact) mass is 492 g/mol. The third-order valence-electron chi connectivity index (χ3n) is 4.57. The molecule has 1 aromatic carbocycles. The van der Waals surface area contributed by atoms with E-state index in [1.165, 1.54) is 6.07 Å². The van der Waals surface area contributed by atoms with Crippen molar-refractivity contribution in [1.29, 1.82) is 0 Å². The van der Waals surface area contributed by atoms with Gasteiger partial charge in [-0.25, -0.2) is 21.8 Å². The van der Waals surface area contributed by atoms with E-state index in [2.05, 4.69) is 31.4 Å². The van der Waals surface area contributed by atoms with Gasteiger partial charge in [-0.1, -0.05) is 16.4 Å². The standard InChI is InChI=1S/C17H19BrF2N4O4S/c18-13-7-11(4-5-14(13)20)8-16(21-25)17-15(22-28-23-17)3-1-2-6-29(26,27)24-9-12(19)10-24/h4-5,7,12,25H,1-3,6,8-10H2/b21-16+. The molecule has 1 aliphatic rings. The molecule has 8 nitrogen and oxygen atoms in total. The van der Waals surface area contributed by atoms with Gasteiger partial charge >= 0.3 is 0 Å². The van der Waals surface area contributed by atoms with Gasteiger partial charge < -0.3 is 5.21 Å². The quantitative estimate of drug-likeness (QED) is 0.249. The first kappa shape index (κ1) is 21.8. The predicted molar refractivity (Wildman–Crippen MR) is 104 cm³/mol. The molecule has 0 atom stereocenters. The minimum atomic E-state index is -3.44. The lowest BCUT2D eigenvalue weighted by atomic mass is 10.0. The molecule has 0 unspecified atom stereocenters. The Bertz CT molecular complexity index is 993. The number of sulfonamides is 1. The summed E-state index contributed by atoms with van der Waals surface area (Å²) in [5, 5.41) is 20.2. The van der Waals surface area contributed by atoms with Crippen LogP contribution in [0.1, 0.15) is 29.8 Å². The van der Waals surface area contributed by atoms with Crippen LogP contribution in [0.15, 0.2) is 32.5 Å². The zero-order valence-corrected chi connectivity index (χ0v) is 17.7. The van der Waals surface area contributed by atoms with Crippen LogP contribution >= 0.6 is 15.9 Å². The highest BCUT2D eigenvalue weighted by Crippen LogP contribution is 2.20. The molecule has 1 aromatic heterocycles. The number of hydrogen-bond donors (Lipinski definition) is 1. The summed E-state index contributed by atoms with van der Waals surface area (Å²) in [4.78, 5) is 0. The first-order valence-electron chi connectivity index (χ1n) is 8.88. The van der Waals surface area contributed by atoms with Crippen molar-refractivity contribution in [2.45, 2.75) is 31.9 Å². The number of rotatable bonds is 9. The number of oxime groups is 1. The maximum atomic E-state index is 13.4. The Morgan fingerprint density at radius 3 is 2.76 bits per heavy atom. The molecule has 29 heavy (non-hydrogen) atoms. The lowest BCUT2D eigenvalue weighted by molar-refractivity contribution is 0.141. The fourth-order valence-electron chi connectivity index (χ4n) is 2.92. The summed E-state index contributed by atoms with van der Waals surface area (Å²) in [6, 6.07) is 4.41. The highest BCUT2D eigenvalue weighted by molar-refractivity contribution is 9.10. The van der Waals surface area contributed by atoms with Gasteiger partial charge in [0.05, 0.1) is 10.2 Å². The van der Waals surface area contributed by atoms with Gasteiger partial charge in [0.15, 0.2) is 5.69 Å². The second-order valence-corrected chi connectivity index (χ2v) is 9.66. The van der Waals surface area contributed by atoms with Crippen molar-refractivity contribution in [3.8, 4) is 0 Å². The van der Waals surface area contributed by atoms with Crippen LogP contribution in [0.3, 0.4) is 0 Å². The number of hydrogen-bond acceptors (Lipinski definition) is 7. The zero-order valence-electron chi connectivity index (χ0n) is 15.3. The molecule has 0 radical (unpaired) electrons. The maximum absolute atomic E-state index is 13.4. The van der Waals surface area contributed by atoms with Crippen LogP contribution in [0.5, 0.6) is 0 Å². The maximum Gasteiger partial charge on any atom is 0.214 e. The highest BCUT2D eigenvalue weighted by Gasteiger charge is 2.35. The van der Waals surface area contributed by atoms with E-state index in [0.717, 1.165) is 4.31 Å². The molecule has 0 spiro atoms.